The van der Waals surface area contributed by atoms with Crippen molar-refractivity contribution < 1.29 is 9.53 Å². The number of nitrogens with two attached hydrogens (primary N) is 1. The molecule has 2 aromatic rings. The Bertz CT molecular complexity index is 891. The molecule has 152 valence electrons. The zero-order valence-electron chi connectivity index (χ0n) is 16.2. The van der Waals surface area contributed by atoms with Crippen LogP contribution in [0.1, 0.15) is 18.9 Å². The fraction of sp³-hybridized carbons (Fsp3) is 0.421. The van der Waals surface area contributed by atoms with E-state index in [1.165, 1.54) is 16.6 Å². The molecule has 1 heterocycles. The number of amides is 1. The van der Waals surface area contributed by atoms with Crippen LogP contribution in [0, 0.1) is 0 Å². The number of carbonyl (C=O) groups excluding carboxylic acids is 1. The zero-order valence-corrected chi connectivity index (χ0v) is 16.2. The van der Waals surface area contributed by atoms with Crippen LogP contribution in [-0.4, -0.2) is 48.8 Å². The number of nitrogens with one attached hydrogen (secondary N) is 2. The second kappa shape index (κ2) is 10.3. The van der Waals surface area contributed by atoms with Gasteiger partial charge in [-0.15, -0.1) is 0 Å². The number of methoxy groups -OCH3 is 1. The minimum Gasteiger partial charge on any atom is -0.383 e. The van der Waals surface area contributed by atoms with Crippen LogP contribution in [0.2, 0.25) is 0 Å². The monoisotopic (exact) mass is 389 g/mol. The van der Waals surface area contributed by atoms with Gasteiger partial charge in [0, 0.05) is 20.2 Å². The highest BCUT2D eigenvalue weighted by atomic mass is 16.5. The molecule has 0 aliphatic heterocycles. The van der Waals surface area contributed by atoms with Crippen molar-refractivity contribution in [3.05, 3.63) is 56.7 Å². The second-order valence-electron chi connectivity index (χ2n) is 6.33. The standard InChI is InChI=1S/C19H27N5O4/c1-3-9-21-15(25)13-23(10-11-28-2)16-17(20)24(19(27)22-18(16)26)12-14-7-5-4-6-8-14/h4-8H,3,9-13,20H2,1-2H3,(H,21,25)(H,22,26,27). The van der Waals surface area contributed by atoms with Crippen molar-refractivity contribution in [2.75, 3.05) is 44.0 Å². The Kier molecular flexibility index (Phi) is 7.82. The second-order valence-corrected chi connectivity index (χ2v) is 6.33. The number of carbonyl (C=O) groups is 1. The molecule has 28 heavy (non-hydrogen) atoms. The summed E-state index contributed by atoms with van der Waals surface area (Å²) in [7, 11) is 1.53. The third-order valence-electron chi connectivity index (χ3n) is 4.19. The van der Waals surface area contributed by atoms with Gasteiger partial charge in [-0.05, 0) is 12.0 Å². The first kappa shape index (κ1) is 21.2. The van der Waals surface area contributed by atoms with E-state index in [0.717, 1.165) is 12.0 Å². The highest BCUT2D eigenvalue weighted by Gasteiger charge is 2.21. The van der Waals surface area contributed by atoms with Gasteiger partial charge in [0.05, 0.1) is 19.7 Å². The molecule has 0 radical (unpaired) electrons. The highest BCUT2D eigenvalue weighted by Crippen LogP contribution is 2.17. The van der Waals surface area contributed by atoms with Gasteiger partial charge in [0.15, 0.2) is 0 Å². The van der Waals surface area contributed by atoms with E-state index in [-0.39, 0.29) is 43.7 Å². The number of anilines is 2. The van der Waals surface area contributed by atoms with E-state index in [0.29, 0.717) is 6.54 Å². The number of aromatic nitrogens is 2. The molecule has 0 aliphatic carbocycles. The largest absolute Gasteiger partial charge is 0.383 e. The molecule has 0 unspecified atom stereocenters. The molecular weight excluding hydrogens is 362 g/mol. The number of H-pyrrole nitrogens is 1. The number of hydrogen-bond acceptors (Lipinski definition) is 6. The van der Waals surface area contributed by atoms with Gasteiger partial charge in [0.25, 0.3) is 5.56 Å². The molecule has 1 aromatic heterocycles. The number of aromatic amines is 1. The summed E-state index contributed by atoms with van der Waals surface area (Å²) in [5.41, 5.74) is 5.92. The van der Waals surface area contributed by atoms with Crippen LogP contribution >= 0.6 is 0 Å². The summed E-state index contributed by atoms with van der Waals surface area (Å²) < 4.78 is 6.38. The van der Waals surface area contributed by atoms with Crippen LogP contribution in [-0.2, 0) is 16.1 Å². The van der Waals surface area contributed by atoms with E-state index < -0.39 is 11.2 Å². The summed E-state index contributed by atoms with van der Waals surface area (Å²) >= 11 is 0. The summed E-state index contributed by atoms with van der Waals surface area (Å²) in [6, 6.07) is 9.29. The Morgan fingerprint density at radius 1 is 1.29 bits per heavy atom. The molecule has 1 aromatic carbocycles. The average Bonchev–Trinajstić information content (AvgIpc) is 2.68. The maximum Gasteiger partial charge on any atom is 0.330 e. The minimum atomic E-state index is -0.633. The molecule has 0 saturated carbocycles. The molecule has 9 nitrogen and oxygen atoms in total. The van der Waals surface area contributed by atoms with Gasteiger partial charge >= 0.3 is 5.69 Å². The molecule has 0 bridgehead atoms. The summed E-state index contributed by atoms with van der Waals surface area (Å²) in [6.45, 7) is 3.18. The van der Waals surface area contributed by atoms with Gasteiger partial charge in [-0.3, -0.25) is 19.1 Å². The summed E-state index contributed by atoms with van der Waals surface area (Å²) in [4.78, 5) is 40.9. The lowest BCUT2D eigenvalue weighted by Crippen LogP contribution is -2.44. The molecule has 0 spiro atoms. The Hall–Kier alpha value is -3.07. The summed E-state index contributed by atoms with van der Waals surface area (Å²) in [5, 5.41) is 2.77. The average molecular weight is 389 g/mol. The molecule has 0 saturated heterocycles. The van der Waals surface area contributed by atoms with Crippen LogP contribution in [0.3, 0.4) is 0 Å². The van der Waals surface area contributed by atoms with E-state index in [4.69, 9.17) is 10.5 Å². The van der Waals surface area contributed by atoms with E-state index in [9.17, 15) is 14.4 Å². The first-order valence-electron chi connectivity index (χ1n) is 9.15. The van der Waals surface area contributed by atoms with E-state index in [1.807, 2.05) is 37.3 Å². The third-order valence-corrected chi connectivity index (χ3v) is 4.19. The van der Waals surface area contributed by atoms with Crippen molar-refractivity contribution >= 4 is 17.4 Å². The quantitative estimate of drug-likeness (QED) is 0.531. The molecule has 1 amide bonds. The molecule has 2 rings (SSSR count). The van der Waals surface area contributed by atoms with Crippen molar-refractivity contribution in [3.63, 3.8) is 0 Å². The summed E-state index contributed by atoms with van der Waals surface area (Å²) in [5.74, 6) is -0.227. The van der Waals surface area contributed by atoms with Crippen LogP contribution < -0.4 is 27.2 Å². The number of nitrogens with zero attached hydrogens (tertiary/aromatic N) is 2. The van der Waals surface area contributed by atoms with Crippen LogP contribution in [0.4, 0.5) is 11.5 Å². The van der Waals surface area contributed by atoms with Crippen molar-refractivity contribution in [1.29, 1.82) is 0 Å². The van der Waals surface area contributed by atoms with Gasteiger partial charge in [-0.2, -0.15) is 0 Å². The fourth-order valence-electron chi connectivity index (χ4n) is 2.77. The van der Waals surface area contributed by atoms with E-state index >= 15 is 0 Å². The van der Waals surface area contributed by atoms with Crippen molar-refractivity contribution in [2.45, 2.75) is 19.9 Å². The van der Waals surface area contributed by atoms with Crippen molar-refractivity contribution in [2.24, 2.45) is 0 Å². The fourth-order valence-corrected chi connectivity index (χ4v) is 2.77. The van der Waals surface area contributed by atoms with E-state index in [2.05, 4.69) is 10.3 Å². The normalized spacial score (nSPS) is 10.6. The lowest BCUT2D eigenvalue weighted by Gasteiger charge is -2.25. The first-order valence-corrected chi connectivity index (χ1v) is 9.15. The molecule has 0 aliphatic rings. The highest BCUT2D eigenvalue weighted by molar-refractivity contribution is 5.82. The molecular formula is C19H27N5O4. The maximum atomic E-state index is 12.5. The van der Waals surface area contributed by atoms with Gasteiger partial charge in [-0.25, -0.2) is 4.79 Å². The molecule has 0 atom stereocenters. The van der Waals surface area contributed by atoms with Gasteiger partial charge in [0.1, 0.15) is 11.5 Å². The number of hydrogen-bond donors (Lipinski definition) is 3. The molecule has 0 fully saturated rings. The van der Waals surface area contributed by atoms with Gasteiger partial charge in [0.2, 0.25) is 5.91 Å². The number of ether oxygens (including phenoxy) is 1. The number of benzene rings is 1. The third kappa shape index (κ3) is 5.46. The Morgan fingerprint density at radius 2 is 2.00 bits per heavy atom. The van der Waals surface area contributed by atoms with E-state index in [1.54, 1.807) is 0 Å². The number of nitrogen functional groups attached to an aromatic ring is 1. The Labute approximate surface area is 163 Å². The first-order chi connectivity index (χ1) is 13.5. The van der Waals surface area contributed by atoms with Crippen molar-refractivity contribution in [1.82, 2.24) is 14.9 Å². The van der Waals surface area contributed by atoms with Crippen LogP contribution in [0.5, 0.6) is 0 Å². The Balaban J connectivity index is 2.41. The number of rotatable bonds is 10. The van der Waals surface area contributed by atoms with Crippen LogP contribution in [0.15, 0.2) is 39.9 Å². The maximum absolute atomic E-state index is 12.5. The topological polar surface area (TPSA) is 122 Å². The van der Waals surface area contributed by atoms with Crippen LogP contribution in [0.25, 0.3) is 0 Å². The van der Waals surface area contributed by atoms with Gasteiger partial charge < -0.3 is 20.7 Å². The van der Waals surface area contributed by atoms with Gasteiger partial charge in [-0.1, -0.05) is 37.3 Å². The molecule has 4 N–H and O–H groups in total. The predicted octanol–water partition coefficient (Wildman–Crippen LogP) is 0.146. The smallest absolute Gasteiger partial charge is 0.330 e. The zero-order chi connectivity index (χ0) is 20.5. The summed E-state index contributed by atoms with van der Waals surface area (Å²) in [6.07, 6.45) is 0.800. The van der Waals surface area contributed by atoms with Crippen molar-refractivity contribution in [3.8, 4) is 0 Å². The molecule has 9 heteroatoms. The Morgan fingerprint density at radius 3 is 2.64 bits per heavy atom. The lowest BCUT2D eigenvalue weighted by atomic mass is 10.2. The SMILES string of the molecule is CCCNC(=O)CN(CCOC)c1c(N)n(Cc2ccccc2)c(=O)[nH]c1=O. The lowest BCUT2D eigenvalue weighted by molar-refractivity contribution is -0.119. The predicted molar refractivity (Wildman–Crippen MR) is 109 cm³/mol. The minimum absolute atomic E-state index is 0.0111.